The summed E-state index contributed by atoms with van der Waals surface area (Å²) in [5.74, 6) is -2.44. The Hall–Kier alpha value is -3.53. The number of ether oxygens (including phenoxy) is 1. The van der Waals surface area contributed by atoms with Crippen molar-refractivity contribution in [2.45, 2.75) is 19.4 Å². The third kappa shape index (κ3) is 4.01. The second kappa shape index (κ2) is 8.54. The summed E-state index contributed by atoms with van der Waals surface area (Å²) in [5, 5.41) is 11.6. The third-order valence-electron chi connectivity index (χ3n) is 5.48. The molecule has 2 aromatic heterocycles. The van der Waals surface area contributed by atoms with E-state index in [9.17, 15) is 14.7 Å². The van der Waals surface area contributed by atoms with Gasteiger partial charge in [0, 0.05) is 31.8 Å². The Labute approximate surface area is 182 Å². The molecule has 2 amide bonds. The smallest absolute Gasteiger partial charge is 0.407 e. The molecule has 3 aromatic rings. The van der Waals surface area contributed by atoms with Crippen LogP contribution in [0.5, 0.6) is 0 Å². The number of imidazole rings is 1. The van der Waals surface area contributed by atoms with Gasteiger partial charge < -0.3 is 24.5 Å². The van der Waals surface area contributed by atoms with Crippen molar-refractivity contribution < 1.29 is 28.2 Å². The maximum atomic E-state index is 15.0. The second-order valence-electron chi connectivity index (χ2n) is 7.66. The average molecular weight is 444 g/mol. The summed E-state index contributed by atoms with van der Waals surface area (Å²) in [5.41, 5.74) is 1.51. The Kier molecular flexibility index (Phi) is 5.79. The van der Waals surface area contributed by atoms with E-state index in [-0.39, 0.29) is 42.9 Å². The van der Waals surface area contributed by atoms with Gasteiger partial charge in [0.25, 0.3) is 5.91 Å². The summed E-state index contributed by atoms with van der Waals surface area (Å²) in [6, 6.07) is 5.57. The number of carbonyl (C=O) groups is 2. The van der Waals surface area contributed by atoms with Gasteiger partial charge in [-0.15, -0.1) is 0 Å². The highest BCUT2D eigenvalue weighted by atomic mass is 19.1. The first-order valence-electron chi connectivity index (χ1n) is 10.1. The molecule has 0 saturated carbocycles. The SMILES string of the molecule is CNC(=O)c1cc(F)c(-c2nc3cc(C)ccn3c2C[C@H]2CN(C(=O)O)CCO2)c(F)c1. The maximum Gasteiger partial charge on any atom is 0.407 e. The van der Waals surface area contributed by atoms with E-state index in [1.165, 1.54) is 11.9 Å². The third-order valence-corrected chi connectivity index (χ3v) is 5.48. The molecule has 1 fully saturated rings. The molecule has 0 bridgehead atoms. The van der Waals surface area contributed by atoms with Crippen LogP contribution in [-0.4, -0.2) is 64.2 Å². The number of halogens is 2. The molecule has 1 aliphatic rings. The van der Waals surface area contributed by atoms with Crippen LogP contribution in [0.15, 0.2) is 30.5 Å². The van der Waals surface area contributed by atoms with Crippen LogP contribution in [0.1, 0.15) is 21.6 Å². The zero-order valence-corrected chi connectivity index (χ0v) is 17.6. The van der Waals surface area contributed by atoms with Crippen LogP contribution in [0.3, 0.4) is 0 Å². The minimum absolute atomic E-state index is 0.0881. The number of fused-ring (bicyclic) bond motifs is 1. The summed E-state index contributed by atoms with van der Waals surface area (Å²) in [6.45, 7) is 2.50. The maximum absolute atomic E-state index is 15.0. The molecule has 0 spiro atoms. The molecule has 1 saturated heterocycles. The van der Waals surface area contributed by atoms with Crippen LogP contribution in [0.2, 0.25) is 0 Å². The number of pyridine rings is 1. The number of aryl methyl sites for hydroxylation is 1. The lowest BCUT2D eigenvalue weighted by Crippen LogP contribution is -2.45. The topological polar surface area (TPSA) is 96.2 Å². The quantitative estimate of drug-likeness (QED) is 0.645. The Morgan fingerprint density at radius 3 is 2.66 bits per heavy atom. The number of hydrogen-bond donors (Lipinski definition) is 2. The van der Waals surface area contributed by atoms with Crippen LogP contribution in [0, 0.1) is 18.6 Å². The number of aromatic nitrogens is 2. The molecule has 0 radical (unpaired) electrons. The van der Waals surface area contributed by atoms with Gasteiger partial charge in [0.1, 0.15) is 17.3 Å². The largest absolute Gasteiger partial charge is 0.465 e. The van der Waals surface area contributed by atoms with Gasteiger partial charge in [-0.3, -0.25) is 4.79 Å². The molecule has 8 nitrogen and oxygen atoms in total. The molecule has 10 heteroatoms. The summed E-state index contributed by atoms with van der Waals surface area (Å²) in [4.78, 5) is 28.9. The van der Waals surface area contributed by atoms with E-state index in [2.05, 4.69) is 10.3 Å². The van der Waals surface area contributed by atoms with Crippen molar-refractivity contribution >= 4 is 17.6 Å². The molecule has 4 rings (SSSR count). The van der Waals surface area contributed by atoms with E-state index >= 15 is 8.78 Å². The minimum Gasteiger partial charge on any atom is -0.465 e. The summed E-state index contributed by atoms with van der Waals surface area (Å²) >= 11 is 0. The Morgan fingerprint density at radius 1 is 1.28 bits per heavy atom. The molecule has 2 N–H and O–H groups in total. The average Bonchev–Trinajstić information content (AvgIpc) is 3.09. The second-order valence-corrected chi connectivity index (χ2v) is 7.66. The first kappa shape index (κ1) is 21.7. The summed E-state index contributed by atoms with van der Waals surface area (Å²) in [7, 11) is 1.37. The lowest BCUT2D eigenvalue weighted by atomic mass is 10.0. The molecular weight excluding hydrogens is 422 g/mol. The van der Waals surface area contributed by atoms with Crippen molar-refractivity contribution in [3.05, 3.63) is 58.9 Å². The number of nitrogens with zero attached hydrogens (tertiary/aromatic N) is 3. The van der Waals surface area contributed by atoms with Gasteiger partial charge in [0.2, 0.25) is 0 Å². The van der Waals surface area contributed by atoms with Crippen LogP contribution in [0.25, 0.3) is 16.9 Å². The zero-order chi connectivity index (χ0) is 23.0. The molecule has 1 aliphatic heterocycles. The number of hydrogen-bond acceptors (Lipinski definition) is 4. The van der Waals surface area contributed by atoms with E-state index in [4.69, 9.17) is 4.74 Å². The lowest BCUT2D eigenvalue weighted by Gasteiger charge is -2.31. The summed E-state index contributed by atoms with van der Waals surface area (Å²) < 4.78 is 37.5. The zero-order valence-electron chi connectivity index (χ0n) is 17.6. The highest BCUT2D eigenvalue weighted by Gasteiger charge is 2.28. The number of morpholine rings is 1. The van der Waals surface area contributed by atoms with Crippen molar-refractivity contribution in [2.24, 2.45) is 0 Å². The standard InChI is InChI=1S/C22H22F2N4O4/c1-12-3-4-28-17(10-14-11-27(22(30)31)5-6-32-14)20(26-18(28)7-12)19-15(23)8-13(9-16(19)24)21(29)25-2/h3-4,7-9,14H,5-6,10-11H2,1-2H3,(H,25,29)(H,30,31)/t14-/m0/s1. The van der Waals surface area contributed by atoms with Gasteiger partial charge >= 0.3 is 6.09 Å². The molecule has 0 aliphatic carbocycles. The number of rotatable bonds is 4. The molecule has 3 heterocycles. The molecule has 0 unspecified atom stereocenters. The highest BCUT2D eigenvalue weighted by Crippen LogP contribution is 2.32. The number of nitrogens with one attached hydrogen (secondary N) is 1. The Balaban J connectivity index is 1.82. The molecule has 168 valence electrons. The normalized spacial score (nSPS) is 16.4. The van der Waals surface area contributed by atoms with Gasteiger partial charge in [-0.05, 0) is 36.8 Å². The van der Waals surface area contributed by atoms with E-state index in [0.29, 0.717) is 11.3 Å². The Morgan fingerprint density at radius 2 is 2.00 bits per heavy atom. The lowest BCUT2D eigenvalue weighted by molar-refractivity contribution is -0.0214. The van der Waals surface area contributed by atoms with Gasteiger partial charge in [0.05, 0.1) is 36.2 Å². The van der Waals surface area contributed by atoms with E-state index < -0.39 is 29.7 Å². The van der Waals surface area contributed by atoms with Gasteiger partial charge in [-0.25, -0.2) is 18.6 Å². The fourth-order valence-corrected chi connectivity index (χ4v) is 3.90. The van der Waals surface area contributed by atoms with Crippen LogP contribution < -0.4 is 5.32 Å². The molecule has 1 aromatic carbocycles. The van der Waals surface area contributed by atoms with Gasteiger partial charge in [0.15, 0.2) is 0 Å². The molecular formula is C22H22F2N4O4. The monoisotopic (exact) mass is 444 g/mol. The number of amides is 2. The van der Waals surface area contributed by atoms with E-state index in [1.807, 2.05) is 13.0 Å². The Bertz CT molecular complexity index is 1190. The number of benzene rings is 1. The van der Waals surface area contributed by atoms with E-state index in [0.717, 1.165) is 17.7 Å². The van der Waals surface area contributed by atoms with E-state index in [1.54, 1.807) is 16.7 Å². The number of carbonyl (C=O) groups excluding carboxylic acids is 1. The molecule has 32 heavy (non-hydrogen) atoms. The predicted octanol–water partition coefficient (Wildman–Crippen LogP) is 2.87. The van der Waals surface area contributed by atoms with Gasteiger partial charge in [-0.1, -0.05) is 0 Å². The van der Waals surface area contributed by atoms with Crippen molar-refractivity contribution in [3.8, 4) is 11.3 Å². The van der Waals surface area contributed by atoms with Crippen molar-refractivity contribution in [2.75, 3.05) is 26.7 Å². The van der Waals surface area contributed by atoms with Crippen molar-refractivity contribution in [3.63, 3.8) is 0 Å². The molecule has 1 atom stereocenters. The van der Waals surface area contributed by atoms with Crippen LogP contribution >= 0.6 is 0 Å². The van der Waals surface area contributed by atoms with Crippen LogP contribution in [0.4, 0.5) is 13.6 Å². The predicted molar refractivity (Wildman–Crippen MR) is 112 cm³/mol. The fraction of sp³-hybridized carbons (Fsp3) is 0.318. The fourth-order valence-electron chi connectivity index (χ4n) is 3.90. The van der Waals surface area contributed by atoms with Crippen LogP contribution in [-0.2, 0) is 11.2 Å². The summed E-state index contributed by atoms with van der Waals surface area (Å²) in [6.07, 6.45) is 0.396. The number of carboxylic acid groups (broad SMARTS) is 1. The highest BCUT2D eigenvalue weighted by molar-refractivity contribution is 5.94. The first-order chi connectivity index (χ1) is 15.3. The minimum atomic E-state index is -1.05. The van der Waals surface area contributed by atoms with Crippen molar-refractivity contribution in [1.29, 1.82) is 0 Å². The first-order valence-corrected chi connectivity index (χ1v) is 10.1. The van der Waals surface area contributed by atoms with Gasteiger partial charge in [-0.2, -0.15) is 0 Å². The van der Waals surface area contributed by atoms with Crippen molar-refractivity contribution in [1.82, 2.24) is 19.6 Å².